The maximum Gasteiger partial charge on any atom is 0.113 e. The Bertz CT molecular complexity index is 436. The van der Waals surface area contributed by atoms with Gasteiger partial charge < -0.3 is 10.1 Å². The summed E-state index contributed by atoms with van der Waals surface area (Å²) < 4.78 is 5.19. The molecule has 2 rings (SSSR count). The highest BCUT2D eigenvalue weighted by Crippen LogP contribution is 2.50. The fraction of sp³-hybridized carbons (Fsp3) is 0.812. The molecule has 0 bridgehead atoms. The summed E-state index contributed by atoms with van der Waals surface area (Å²) >= 11 is 1.88. The van der Waals surface area contributed by atoms with E-state index in [1.807, 2.05) is 11.3 Å². The maximum atomic E-state index is 5.19. The van der Waals surface area contributed by atoms with Gasteiger partial charge in [-0.1, -0.05) is 20.8 Å². The highest BCUT2D eigenvalue weighted by molar-refractivity contribution is 7.11. The van der Waals surface area contributed by atoms with Crippen LogP contribution in [0.15, 0.2) is 0 Å². The number of rotatable bonds is 7. The Balaban J connectivity index is 2.14. The molecule has 0 radical (unpaired) electrons. The van der Waals surface area contributed by atoms with Gasteiger partial charge in [0.15, 0.2) is 0 Å². The molecule has 1 aromatic heterocycles. The van der Waals surface area contributed by atoms with Crippen LogP contribution in [0.1, 0.15) is 49.2 Å². The van der Waals surface area contributed by atoms with Crippen molar-refractivity contribution in [1.29, 1.82) is 0 Å². The molecule has 1 N–H and O–H groups in total. The van der Waals surface area contributed by atoms with Crippen molar-refractivity contribution in [3.05, 3.63) is 15.6 Å². The quantitative estimate of drug-likeness (QED) is 0.782. The SMILES string of the molecule is CCc1nc(C2(NCCOC)CC(C(C)C)C2)sc1C. The first-order chi connectivity index (χ1) is 9.52. The molecule has 114 valence electrons. The summed E-state index contributed by atoms with van der Waals surface area (Å²) in [4.78, 5) is 6.29. The van der Waals surface area contributed by atoms with E-state index in [0.717, 1.165) is 31.4 Å². The standard InChI is InChI=1S/C16H28N2OS/c1-6-14-12(4)20-15(18-14)16(17-7-8-19-5)9-13(10-16)11(2)3/h11,13,17H,6-10H2,1-5H3. The van der Waals surface area contributed by atoms with E-state index < -0.39 is 0 Å². The molecule has 0 atom stereocenters. The summed E-state index contributed by atoms with van der Waals surface area (Å²) in [5.74, 6) is 1.58. The second kappa shape index (κ2) is 6.54. The van der Waals surface area contributed by atoms with Crippen LogP contribution in [0, 0.1) is 18.8 Å². The summed E-state index contributed by atoms with van der Waals surface area (Å²) in [6.07, 6.45) is 3.46. The van der Waals surface area contributed by atoms with Crippen molar-refractivity contribution < 1.29 is 4.74 Å². The Morgan fingerprint density at radius 2 is 2.15 bits per heavy atom. The molecule has 1 heterocycles. The average molecular weight is 296 g/mol. The van der Waals surface area contributed by atoms with Gasteiger partial charge in [0.05, 0.1) is 17.8 Å². The Kier molecular flexibility index (Phi) is 5.21. The van der Waals surface area contributed by atoms with Gasteiger partial charge in [0.2, 0.25) is 0 Å². The number of methoxy groups -OCH3 is 1. The average Bonchev–Trinajstić information content (AvgIpc) is 2.73. The zero-order valence-electron chi connectivity index (χ0n) is 13.5. The normalized spacial score (nSPS) is 26.0. The zero-order chi connectivity index (χ0) is 14.8. The number of hydrogen-bond acceptors (Lipinski definition) is 4. The van der Waals surface area contributed by atoms with Gasteiger partial charge in [-0.3, -0.25) is 0 Å². The molecule has 0 aliphatic heterocycles. The lowest BCUT2D eigenvalue weighted by atomic mass is 9.64. The van der Waals surface area contributed by atoms with Gasteiger partial charge in [-0.05, 0) is 38.0 Å². The predicted octanol–water partition coefficient (Wildman–Crippen LogP) is 3.51. The lowest BCUT2D eigenvalue weighted by Gasteiger charge is -2.49. The highest BCUT2D eigenvalue weighted by atomic mass is 32.1. The summed E-state index contributed by atoms with van der Waals surface area (Å²) in [6, 6.07) is 0. The van der Waals surface area contributed by atoms with Crippen molar-refractivity contribution in [2.75, 3.05) is 20.3 Å². The molecule has 4 heteroatoms. The molecule has 3 nitrogen and oxygen atoms in total. The van der Waals surface area contributed by atoms with Gasteiger partial charge >= 0.3 is 0 Å². The molecule has 1 aliphatic carbocycles. The minimum absolute atomic E-state index is 0.107. The lowest BCUT2D eigenvalue weighted by Crippen LogP contribution is -2.54. The van der Waals surface area contributed by atoms with Gasteiger partial charge in [-0.25, -0.2) is 4.98 Å². The van der Waals surface area contributed by atoms with Crippen molar-refractivity contribution in [2.45, 2.75) is 52.5 Å². The molecule has 1 aliphatic rings. The van der Waals surface area contributed by atoms with Crippen LogP contribution in [-0.2, 0) is 16.7 Å². The van der Waals surface area contributed by atoms with E-state index in [4.69, 9.17) is 9.72 Å². The van der Waals surface area contributed by atoms with Gasteiger partial charge in [-0.15, -0.1) is 11.3 Å². The Labute approximate surface area is 127 Å². The van der Waals surface area contributed by atoms with Crippen LogP contribution >= 0.6 is 11.3 Å². The van der Waals surface area contributed by atoms with Crippen molar-refractivity contribution >= 4 is 11.3 Å². The first-order valence-electron chi connectivity index (χ1n) is 7.73. The highest BCUT2D eigenvalue weighted by Gasteiger charge is 2.48. The Morgan fingerprint density at radius 3 is 2.65 bits per heavy atom. The van der Waals surface area contributed by atoms with E-state index in [1.54, 1.807) is 7.11 Å². The number of nitrogens with zero attached hydrogens (tertiary/aromatic N) is 1. The fourth-order valence-corrected chi connectivity index (χ4v) is 4.24. The third-order valence-corrected chi connectivity index (χ3v) is 5.79. The van der Waals surface area contributed by atoms with E-state index >= 15 is 0 Å². The van der Waals surface area contributed by atoms with Crippen LogP contribution in [0.2, 0.25) is 0 Å². The molecule has 20 heavy (non-hydrogen) atoms. The monoisotopic (exact) mass is 296 g/mol. The number of aryl methyl sites for hydroxylation is 2. The molecule has 1 fully saturated rings. The van der Waals surface area contributed by atoms with Crippen molar-refractivity contribution in [2.24, 2.45) is 11.8 Å². The van der Waals surface area contributed by atoms with Gasteiger partial charge in [0.1, 0.15) is 5.01 Å². The van der Waals surface area contributed by atoms with E-state index in [0.29, 0.717) is 0 Å². The van der Waals surface area contributed by atoms with Crippen LogP contribution < -0.4 is 5.32 Å². The third-order valence-electron chi connectivity index (χ3n) is 4.57. The summed E-state index contributed by atoms with van der Waals surface area (Å²) in [6.45, 7) is 10.7. The topological polar surface area (TPSA) is 34.2 Å². The lowest BCUT2D eigenvalue weighted by molar-refractivity contribution is 0.0592. The molecule has 1 aromatic rings. The summed E-state index contributed by atoms with van der Waals surface area (Å²) in [5, 5.41) is 5.01. The van der Waals surface area contributed by atoms with E-state index in [1.165, 1.54) is 28.4 Å². The smallest absolute Gasteiger partial charge is 0.113 e. The number of hydrogen-bond donors (Lipinski definition) is 1. The third kappa shape index (κ3) is 3.07. The fourth-order valence-electron chi connectivity index (χ4n) is 3.05. The van der Waals surface area contributed by atoms with Crippen molar-refractivity contribution in [3.63, 3.8) is 0 Å². The molecule has 0 spiro atoms. The van der Waals surface area contributed by atoms with Crippen LogP contribution in [0.4, 0.5) is 0 Å². The molecule has 1 saturated carbocycles. The van der Waals surface area contributed by atoms with Gasteiger partial charge in [0.25, 0.3) is 0 Å². The molecular weight excluding hydrogens is 268 g/mol. The van der Waals surface area contributed by atoms with E-state index in [2.05, 4.69) is 33.0 Å². The number of thiazole rings is 1. The van der Waals surface area contributed by atoms with Crippen LogP contribution in [-0.4, -0.2) is 25.2 Å². The van der Waals surface area contributed by atoms with Crippen molar-refractivity contribution in [1.82, 2.24) is 10.3 Å². The van der Waals surface area contributed by atoms with Crippen LogP contribution in [0.25, 0.3) is 0 Å². The molecule has 0 aromatic carbocycles. The second-order valence-electron chi connectivity index (χ2n) is 6.29. The second-order valence-corrected chi connectivity index (χ2v) is 7.49. The van der Waals surface area contributed by atoms with Crippen LogP contribution in [0.3, 0.4) is 0 Å². The zero-order valence-corrected chi connectivity index (χ0v) is 14.3. The Morgan fingerprint density at radius 1 is 1.45 bits per heavy atom. The van der Waals surface area contributed by atoms with E-state index in [9.17, 15) is 0 Å². The molecule has 0 amide bonds. The first kappa shape index (κ1) is 15.9. The number of aromatic nitrogens is 1. The first-order valence-corrected chi connectivity index (χ1v) is 8.54. The largest absolute Gasteiger partial charge is 0.383 e. The van der Waals surface area contributed by atoms with E-state index in [-0.39, 0.29) is 5.54 Å². The summed E-state index contributed by atoms with van der Waals surface area (Å²) in [5.41, 5.74) is 1.38. The molecule has 0 unspecified atom stereocenters. The Hall–Kier alpha value is -0.450. The predicted molar refractivity (Wildman–Crippen MR) is 85.3 cm³/mol. The van der Waals surface area contributed by atoms with Crippen molar-refractivity contribution in [3.8, 4) is 0 Å². The minimum atomic E-state index is 0.107. The number of nitrogens with one attached hydrogen (secondary N) is 1. The molecule has 0 saturated heterocycles. The van der Waals surface area contributed by atoms with Gasteiger partial charge in [0, 0.05) is 18.5 Å². The van der Waals surface area contributed by atoms with Gasteiger partial charge in [-0.2, -0.15) is 0 Å². The summed E-state index contributed by atoms with van der Waals surface area (Å²) in [7, 11) is 1.76. The van der Waals surface area contributed by atoms with Crippen LogP contribution in [0.5, 0.6) is 0 Å². The minimum Gasteiger partial charge on any atom is -0.383 e. The number of ether oxygens (including phenoxy) is 1. The maximum absolute atomic E-state index is 5.19. The molecular formula is C16H28N2OS.